The molecule has 0 aliphatic rings. The highest BCUT2D eigenvalue weighted by atomic mass is 32.2. The maximum atomic E-state index is 14.0. The second-order valence-corrected chi connectivity index (χ2v) is 13.5. The number of carbonyl (C=O) groups excluding carboxylic acids is 4. The predicted octanol–water partition coefficient (Wildman–Crippen LogP) is -1.19. The predicted molar refractivity (Wildman–Crippen MR) is 207 cm³/mol. The van der Waals surface area contributed by atoms with E-state index in [9.17, 15) is 34.2 Å². The van der Waals surface area contributed by atoms with Gasteiger partial charge in [0.15, 0.2) is 11.9 Å². The van der Waals surface area contributed by atoms with Gasteiger partial charge >= 0.3 is 5.97 Å². The highest BCUT2D eigenvalue weighted by molar-refractivity contribution is 7.98. The number of aromatic hydroxyl groups is 1. The van der Waals surface area contributed by atoms with E-state index in [2.05, 4.69) is 31.9 Å². The van der Waals surface area contributed by atoms with Gasteiger partial charge in [0.05, 0.1) is 6.04 Å². The maximum Gasteiger partial charge on any atom is 0.326 e. The van der Waals surface area contributed by atoms with Crippen LogP contribution in [0.2, 0.25) is 0 Å². The number of thioether (sulfide) groups is 1. The summed E-state index contributed by atoms with van der Waals surface area (Å²) in [4.78, 5) is 66.6. The van der Waals surface area contributed by atoms with Crippen LogP contribution in [0.15, 0.2) is 54.6 Å². The summed E-state index contributed by atoms with van der Waals surface area (Å²) in [6.07, 6.45) is 2.74. The number of benzene rings is 2. The van der Waals surface area contributed by atoms with Crippen molar-refractivity contribution in [3.05, 3.63) is 65.7 Å². The smallest absolute Gasteiger partial charge is 0.326 e. The van der Waals surface area contributed by atoms with Crippen LogP contribution in [0.1, 0.15) is 43.2 Å². The number of hydrogen-bond acceptors (Lipinski definition) is 10. The fourth-order valence-electron chi connectivity index (χ4n) is 5.19. The first-order valence-corrected chi connectivity index (χ1v) is 18.8. The van der Waals surface area contributed by atoms with Crippen molar-refractivity contribution in [1.29, 1.82) is 10.8 Å². The minimum Gasteiger partial charge on any atom is -0.508 e. The molecule has 16 N–H and O–H groups in total. The van der Waals surface area contributed by atoms with E-state index in [-0.39, 0.29) is 69.3 Å². The molecule has 0 aliphatic heterocycles. The molecule has 296 valence electrons. The lowest BCUT2D eigenvalue weighted by Gasteiger charge is -2.27. The number of guanidine groups is 2. The summed E-state index contributed by atoms with van der Waals surface area (Å²) in [5.41, 5.74) is 18.0. The molecule has 0 spiro atoms. The molecule has 0 bridgehead atoms. The molecule has 0 saturated carbocycles. The molecular weight excluding hydrogens is 719 g/mol. The van der Waals surface area contributed by atoms with Gasteiger partial charge in [-0.05, 0) is 67.4 Å². The standard InChI is InChI=1S/C35H53N11O7S/c1-54-18-15-24(36)29(48)45-27(20-22-11-13-23(47)14-12-22)31(50)43-25(9-5-16-41-34(37)38)30(49)46-28(19-21-7-3-2-4-8-21)32(51)44-26(33(52)53)10-6-17-42-35(39)40/h2-4,7-8,11-14,24-28,47H,5-6,9-10,15-20,36H2,1H3,(H,43,50)(H,44,51)(H,45,48)(H,46,49)(H,52,53)(H4,37,38,41)(H4,39,40,42)/t24-,25+,26-,27-,28-/m0/s1. The van der Waals surface area contributed by atoms with Crippen LogP contribution in [0.3, 0.4) is 0 Å². The Morgan fingerprint density at radius 2 is 1.11 bits per heavy atom. The van der Waals surface area contributed by atoms with Crippen LogP contribution in [0.4, 0.5) is 0 Å². The zero-order chi connectivity index (χ0) is 40.0. The molecule has 0 aromatic heterocycles. The second-order valence-electron chi connectivity index (χ2n) is 12.5. The maximum absolute atomic E-state index is 14.0. The zero-order valence-electron chi connectivity index (χ0n) is 30.2. The van der Waals surface area contributed by atoms with Crippen LogP contribution in [-0.2, 0) is 36.8 Å². The van der Waals surface area contributed by atoms with E-state index in [1.807, 2.05) is 6.26 Å². The number of nitrogens with two attached hydrogens (primary N) is 3. The summed E-state index contributed by atoms with van der Waals surface area (Å²) in [5.74, 6) is -4.08. The lowest BCUT2D eigenvalue weighted by molar-refractivity contribution is -0.142. The molecule has 0 radical (unpaired) electrons. The molecule has 18 nitrogen and oxygen atoms in total. The van der Waals surface area contributed by atoms with Crippen molar-refractivity contribution in [3.63, 3.8) is 0 Å². The third-order valence-electron chi connectivity index (χ3n) is 8.11. The molecule has 2 aromatic carbocycles. The van der Waals surface area contributed by atoms with E-state index in [0.29, 0.717) is 23.3 Å². The minimum absolute atomic E-state index is 0.00423. The lowest BCUT2D eigenvalue weighted by Crippen LogP contribution is -2.59. The van der Waals surface area contributed by atoms with Gasteiger partial charge in [-0.3, -0.25) is 30.0 Å². The summed E-state index contributed by atoms with van der Waals surface area (Å²) in [5, 5.41) is 50.1. The first-order valence-electron chi connectivity index (χ1n) is 17.4. The van der Waals surface area contributed by atoms with Gasteiger partial charge in [0.25, 0.3) is 0 Å². The van der Waals surface area contributed by atoms with Crippen LogP contribution in [0, 0.1) is 10.8 Å². The molecule has 19 heteroatoms. The van der Waals surface area contributed by atoms with E-state index in [4.69, 9.17) is 28.0 Å². The Balaban J connectivity index is 2.37. The topological polar surface area (TPSA) is 324 Å². The summed E-state index contributed by atoms with van der Waals surface area (Å²) in [6.45, 7) is 0.386. The highest BCUT2D eigenvalue weighted by Crippen LogP contribution is 2.13. The molecular formula is C35H53N11O7S. The van der Waals surface area contributed by atoms with E-state index in [1.165, 1.54) is 23.9 Å². The minimum atomic E-state index is -1.32. The van der Waals surface area contributed by atoms with Crippen LogP contribution in [0.5, 0.6) is 5.75 Å². The van der Waals surface area contributed by atoms with E-state index in [1.54, 1.807) is 42.5 Å². The van der Waals surface area contributed by atoms with Crippen LogP contribution >= 0.6 is 11.8 Å². The van der Waals surface area contributed by atoms with Gasteiger partial charge in [0, 0.05) is 25.9 Å². The number of carbonyl (C=O) groups is 5. The Morgan fingerprint density at radius 3 is 1.61 bits per heavy atom. The molecule has 0 heterocycles. The number of phenols is 1. The highest BCUT2D eigenvalue weighted by Gasteiger charge is 2.32. The largest absolute Gasteiger partial charge is 0.508 e. The van der Waals surface area contributed by atoms with Crippen LogP contribution in [-0.4, -0.2) is 107 Å². The first-order chi connectivity index (χ1) is 25.7. The third-order valence-corrected chi connectivity index (χ3v) is 8.76. The molecule has 2 rings (SSSR count). The summed E-state index contributed by atoms with van der Waals surface area (Å²) < 4.78 is 0. The van der Waals surface area contributed by atoms with Crippen molar-refractivity contribution >= 4 is 53.3 Å². The number of carboxylic acids is 1. The molecule has 2 aromatic rings. The van der Waals surface area contributed by atoms with Gasteiger partial charge in [-0.15, -0.1) is 0 Å². The Kier molecular flexibility index (Phi) is 19.7. The second kappa shape index (κ2) is 23.9. The van der Waals surface area contributed by atoms with E-state index < -0.39 is 59.8 Å². The molecule has 0 aliphatic carbocycles. The number of nitrogens with one attached hydrogen (secondary N) is 8. The number of phenolic OH excluding ortho intramolecular Hbond substituents is 1. The van der Waals surface area contributed by atoms with Gasteiger partial charge in [0.2, 0.25) is 23.6 Å². The van der Waals surface area contributed by atoms with E-state index in [0.717, 1.165) is 0 Å². The Morgan fingerprint density at radius 1 is 0.667 bits per heavy atom. The Bertz CT molecular complexity index is 1550. The quantitative estimate of drug-likeness (QED) is 0.0340. The monoisotopic (exact) mass is 771 g/mol. The number of aliphatic carboxylic acids is 1. The number of hydrogen-bond donors (Lipinski definition) is 13. The average molecular weight is 772 g/mol. The average Bonchev–Trinajstić information content (AvgIpc) is 3.13. The van der Waals surface area contributed by atoms with Crippen molar-refractivity contribution in [1.82, 2.24) is 31.9 Å². The van der Waals surface area contributed by atoms with Gasteiger partial charge in [-0.25, -0.2) is 4.79 Å². The van der Waals surface area contributed by atoms with Gasteiger partial charge in [0.1, 0.15) is 29.9 Å². The summed E-state index contributed by atoms with van der Waals surface area (Å²) in [7, 11) is 0. The molecule has 54 heavy (non-hydrogen) atoms. The van der Waals surface area contributed by atoms with Gasteiger partial charge in [-0.1, -0.05) is 42.5 Å². The molecule has 5 atom stereocenters. The van der Waals surface area contributed by atoms with Gasteiger partial charge in [-0.2, -0.15) is 11.8 Å². The number of amides is 4. The number of carboxylic acid groups (broad SMARTS) is 1. The third kappa shape index (κ3) is 17.3. The van der Waals surface area contributed by atoms with Crippen molar-refractivity contribution in [3.8, 4) is 5.75 Å². The molecule has 0 unspecified atom stereocenters. The van der Waals surface area contributed by atoms with Gasteiger partial charge < -0.3 is 59.3 Å². The summed E-state index contributed by atoms with van der Waals surface area (Å²) >= 11 is 1.51. The molecule has 0 saturated heterocycles. The number of rotatable bonds is 24. The first kappa shape index (κ1) is 44.6. The van der Waals surface area contributed by atoms with Crippen LogP contribution < -0.4 is 49.1 Å². The fraction of sp³-hybridized carbons (Fsp3) is 0.457. The van der Waals surface area contributed by atoms with Crippen molar-refractivity contribution in [2.75, 3.05) is 25.1 Å². The zero-order valence-corrected chi connectivity index (χ0v) is 31.0. The van der Waals surface area contributed by atoms with Crippen molar-refractivity contribution in [2.45, 2.75) is 75.2 Å². The lowest BCUT2D eigenvalue weighted by atomic mass is 10.0. The normalized spacial score (nSPS) is 13.5. The Hall–Kier alpha value is -5.56. The molecule has 0 fully saturated rings. The van der Waals surface area contributed by atoms with Crippen molar-refractivity contribution < 1.29 is 34.2 Å². The fourth-order valence-corrected chi connectivity index (χ4v) is 5.68. The van der Waals surface area contributed by atoms with Crippen molar-refractivity contribution in [2.24, 2.45) is 17.2 Å². The van der Waals surface area contributed by atoms with Crippen LogP contribution in [0.25, 0.3) is 0 Å². The summed E-state index contributed by atoms with van der Waals surface area (Å²) in [6, 6.07) is 8.85. The van der Waals surface area contributed by atoms with E-state index >= 15 is 0 Å². The molecule has 4 amide bonds. The SMILES string of the molecule is CSCC[C@H](N)C(=O)N[C@@H](Cc1ccc(O)cc1)C(=O)N[C@H](CCCNC(=N)N)C(=O)N[C@@H](Cc1ccccc1)C(=O)N[C@@H](CCCNC(=N)N)C(=O)O. The Labute approximate surface area is 318 Å².